The minimum absolute atomic E-state index is 0.301. The number of hydrogen-bond donors (Lipinski definition) is 1. The van der Waals surface area contributed by atoms with Gasteiger partial charge in [-0.3, -0.25) is 9.59 Å². The van der Waals surface area contributed by atoms with E-state index in [2.05, 4.69) is 10.3 Å². The molecule has 1 aliphatic rings. The highest BCUT2D eigenvalue weighted by Gasteiger charge is 2.35. The van der Waals surface area contributed by atoms with Crippen molar-refractivity contribution >= 4 is 40.8 Å². The number of anilines is 1. The Morgan fingerprint density at radius 1 is 1.15 bits per heavy atom. The Kier molecular flexibility index (Phi) is 5.23. The number of hydroxylamine groups is 1. The lowest BCUT2D eigenvalue weighted by Crippen LogP contribution is -2.47. The van der Waals surface area contributed by atoms with Gasteiger partial charge >= 0.3 is 11.9 Å². The number of fused-ring (bicyclic) bond motifs is 1. The van der Waals surface area contributed by atoms with Crippen LogP contribution < -0.4 is 10.4 Å². The molecule has 1 atom stereocenters. The molecular weight excluding hydrogens is 370 g/mol. The first-order chi connectivity index (χ1) is 12.9. The van der Waals surface area contributed by atoms with Crippen molar-refractivity contribution in [3.63, 3.8) is 0 Å². The van der Waals surface area contributed by atoms with E-state index in [4.69, 9.17) is 16.4 Å². The first-order valence-electron chi connectivity index (χ1n) is 8.09. The monoisotopic (exact) mass is 385 g/mol. The fourth-order valence-corrected chi connectivity index (χ4v) is 2.87. The van der Waals surface area contributed by atoms with Crippen LogP contribution in [0.2, 0.25) is 5.02 Å². The molecule has 2 aromatic rings. The maximum Gasteiger partial charge on any atom is 0.330 e. The Morgan fingerprint density at radius 3 is 2.48 bits per heavy atom. The van der Waals surface area contributed by atoms with Crippen LogP contribution in [-0.4, -0.2) is 29.7 Å². The molecule has 1 N–H and O–H groups in total. The second-order valence-electron chi connectivity index (χ2n) is 5.82. The van der Waals surface area contributed by atoms with Gasteiger partial charge in [0.25, 0.3) is 0 Å². The Morgan fingerprint density at radius 2 is 1.85 bits per heavy atom. The fraction of sp³-hybridized carbons (Fsp3) is 0.158. The fourth-order valence-electron chi connectivity index (χ4n) is 2.69. The molecule has 138 valence electrons. The van der Waals surface area contributed by atoms with Crippen LogP contribution in [0.25, 0.3) is 0 Å². The average Bonchev–Trinajstić information content (AvgIpc) is 2.72. The summed E-state index contributed by atoms with van der Waals surface area (Å²) >= 11 is 6.16. The maximum atomic E-state index is 12.9. The van der Waals surface area contributed by atoms with E-state index in [1.165, 1.54) is 13.8 Å². The summed E-state index contributed by atoms with van der Waals surface area (Å²) in [6.07, 6.45) is -1.26. The molecule has 8 heteroatoms. The Hall–Kier alpha value is -3.19. The molecule has 0 fully saturated rings. The van der Waals surface area contributed by atoms with Crippen LogP contribution in [0, 0.1) is 0 Å². The predicted octanol–water partition coefficient (Wildman–Crippen LogP) is 2.46. The van der Waals surface area contributed by atoms with Gasteiger partial charge in [-0.15, -0.1) is 5.06 Å². The molecule has 0 saturated heterocycles. The molecule has 7 nitrogen and oxygen atoms in total. The van der Waals surface area contributed by atoms with Gasteiger partial charge in [0.05, 0.1) is 11.4 Å². The van der Waals surface area contributed by atoms with Crippen LogP contribution in [0.3, 0.4) is 0 Å². The maximum absolute atomic E-state index is 12.9. The van der Waals surface area contributed by atoms with Crippen molar-refractivity contribution < 1.29 is 19.2 Å². The summed E-state index contributed by atoms with van der Waals surface area (Å²) < 4.78 is 0. The number of hydrogen-bond acceptors (Lipinski definition) is 5. The van der Waals surface area contributed by atoms with E-state index in [-0.39, 0.29) is 0 Å². The highest BCUT2D eigenvalue weighted by atomic mass is 35.5. The standard InChI is InChI=1S/C19H16ClN3O4/c1-11(24)21-18-19(26)23(27-12(2)25)16-9-8-14(20)10-15(16)17(22-18)13-6-4-3-5-7-13/h3-10,18H,1-2H3,(H,21,24). The second-order valence-corrected chi connectivity index (χ2v) is 6.26. The van der Waals surface area contributed by atoms with Crippen molar-refractivity contribution in [2.24, 2.45) is 4.99 Å². The number of rotatable bonds is 3. The Balaban J connectivity index is 2.25. The third-order valence-electron chi connectivity index (χ3n) is 3.73. The molecule has 1 heterocycles. The first kappa shape index (κ1) is 18.6. The lowest BCUT2D eigenvalue weighted by Gasteiger charge is -2.22. The molecule has 0 radical (unpaired) electrons. The molecule has 0 bridgehead atoms. The highest BCUT2D eigenvalue weighted by Crippen LogP contribution is 2.31. The molecule has 0 aromatic heterocycles. The topological polar surface area (TPSA) is 88.1 Å². The summed E-state index contributed by atoms with van der Waals surface area (Å²) in [5.41, 5.74) is 1.95. The summed E-state index contributed by atoms with van der Waals surface area (Å²) in [6.45, 7) is 2.45. The zero-order chi connectivity index (χ0) is 19.6. The van der Waals surface area contributed by atoms with E-state index >= 15 is 0 Å². The van der Waals surface area contributed by atoms with Crippen LogP contribution in [0.1, 0.15) is 25.0 Å². The molecular formula is C19H16ClN3O4. The summed E-state index contributed by atoms with van der Waals surface area (Å²) in [4.78, 5) is 45.7. The molecule has 0 aliphatic carbocycles. The number of halogens is 1. The minimum atomic E-state index is -1.26. The number of benzodiazepines with no additional fused rings is 1. The SMILES string of the molecule is CC(=O)NC1N=C(c2ccccc2)c2cc(Cl)ccc2N(OC(C)=O)C1=O. The Labute approximate surface area is 160 Å². The van der Waals surface area contributed by atoms with E-state index in [0.717, 1.165) is 5.06 Å². The number of nitrogens with zero attached hydrogens (tertiary/aromatic N) is 2. The smallest absolute Gasteiger partial charge is 0.330 e. The van der Waals surface area contributed by atoms with Crippen molar-refractivity contribution in [1.29, 1.82) is 0 Å². The minimum Gasteiger partial charge on any atom is -0.333 e. The number of amides is 2. The van der Waals surface area contributed by atoms with Gasteiger partial charge in [0.15, 0.2) is 0 Å². The molecule has 3 rings (SSSR count). The number of carbonyl (C=O) groups is 3. The van der Waals surface area contributed by atoms with Gasteiger partial charge in [0.2, 0.25) is 12.1 Å². The van der Waals surface area contributed by atoms with Crippen LogP contribution in [-0.2, 0) is 19.2 Å². The molecule has 2 amide bonds. The number of aliphatic imine (C=N–C) groups is 1. The summed E-state index contributed by atoms with van der Waals surface area (Å²) in [7, 11) is 0. The number of benzene rings is 2. The second kappa shape index (κ2) is 7.59. The molecule has 0 spiro atoms. The quantitative estimate of drug-likeness (QED) is 0.879. The largest absolute Gasteiger partial charge is 0.333 e. The van der Waals surface area contributed by atoms with Crippen molar-refractivity contribution in [3.05, 3.63) is 64.7 Å². The van der Waals surface area contributed by atoms with E-state index in [1.54, 1.807) is 18.2 Å². The third-order valence-corrected chi connectivity index (χ3v) is 3.97. The number of carbonyl (C=O) groups excluding carboxylic acids is 3. The molecule has 27 heavy (non-hydrogen) atoms. The van der Waals surface area contributed by atoms with Crippen molar-refractivity contribution in [2.45, 2.75) is 20.0 Å². The Bertz CT molecular complexity index is 943. The molecule has 1 unspecified atom stereocenters. The van der Waals surface area contributed by atoms with Gasteiger partial charge in [0, 0.05) is 30.0 Å². The first-order valence-corrected chi connectivity index (χ1v) is 8.47. The van der Waals surface area contributed by atoms with Gasteiger partial charge in [-0.05, 0) is 18.2 Å². The van der Waals surface area contributed by atoms with Crippen LogP contribution in [0.4, 0.5) is 5.69 Å². The van der Waals surface area contributed by atoms with Gasteiger partial charge in [0.1, 0.15) is 0 Å². The van der Waals surface area contributed by atoms with Gasteiger partial charge in [-0.1, -0.05) is 41.9 Å². The lowest BCUT2D eigenvalue weighted by atomic mass is 10.0. The van der Waals surface area contributed by atoms with Crippen molar-refractivity contribution in [3.8, 4) is 0 Å². The predicted molar refractivity (Wildman–Crippen MR) is 100 cm³/mol. The van der Waals surface area contributed by atoms with E-state index in [9.17, 15) is 14.4 Å². The summed E-state index contributed by atoms with van der Waals surface area (Å²) in [5.74, 6) is -1.83. The van der Waals surface area contributed by atoms with Gasteiger partial charge in [-0.2, -0.15) is 0 Å². The molecule has 0 saturated carbocycles. The van der Waals surface area contributed by atoms with Crippen LogP contribution in [0.15, 0.2) is 53.5 Å². The normalized spacial score (nSPS) is 16.1. The zero-order valence-corrected chi connectivity index (χ0v) is 15.4. The van der Waals surface area contributed by atoms with E-state index in [1.807, 2.05) is 30.3 Å². The van der Waals surface area contributed by atoms with Crippen LogP contribution in [0.5, 0.6) is 0 Å². The van der Waals surface area contributed by atoms with Gasteiger partial charge in [-0.25, -0.2) is 9.79 Å². The summed E-state index contributed by atoms with van der Waals surface area (Å²) in [5, 5.41) is 3.75. The number of nitrogens with one attached hydrogen (secondary N) is 1. The zero-order valence-electron chi connectivity index (χ0n) is 14.6. The summed E-state index contributed by atoms with van der Waals surface area (Å²) in [6, 6.07) is 13.9. The average molecular weight is 386 g/mol. The molecule has 2 aromatic carbocycles. The van der Waals surface area contributed by atoms with Crippen molar-refractivity contribution in [1.82, 2.24) is 5.32 Å². The highest BCUT2D eigenvalue weighted by molar-refractivity contribution is 6.32. The third kappa shape index (κ3) is 3.98. The van der Waals surface area contributed by atoms with E-state index < -0.39 is 23.9 Å². The molecule has 1 aliphatic heterocycles. The van der Waals surface area contributed by atoms with E-state index in [0.29, 0.717) is 27.5 Å². The van der Waals surface area contributed by atoms with Crippen LogP contribution >= 0.6 is 11.6 Å². The lowest BCUT2D eigenvalue weighted by molar-refractivity contribution is -0.149. The van der Waals surface area contributed by atoms with Crippen molar-refractivity contribution in [2.75, 3.05) is 5.06 Å². The van der Waals surface area contributed by atoms with Gasteiger partial charge < -0.3 is 10.2 Å².